The van der Waals surface area contributed by atoms with Crippen LogP contribution in [0.2, 0.25) is 0 Å². The van der Waals surface area contributed by atoms with E-state index in [0.717, 1.165) is 18.5 Å². The molecule has 1 saturated heterocycles. The lowest BCUT2D eigenvalue weighted by atomic mass is 10.0. The second-order valence-corrected chi connectivity index (χ2v) is 3.43. The van der Waals surface area contributed by atoms with Gasteiger partial charge in [0.1, 0.15) is 5.82 Å². The second kappa shape index (κ2) is 3.34. The lowest BCUT2D eigenvalue weighted by Crippen LogP contribution is -2.13. The Kier molecular flexibility index (Phi) is 2.19. The van der Waals surface area contributed by atoms with Gasteiger partial charge in [-0.2, -0.15) is 0 Å². The maximum atomic E-state index is 12.8. The van der Waals surface area contributed by atoms with Gasteiger partial charge in [-0.1, -0.05) is 6.07 Å². The van der Waals surface area contributed by atoms with Crippen LogP contribution in [0.3, 0.4) is 0 Å². The Morgan fingerprint density at radius 1 is 1.46 bits per heavy atom. The highest BCUT2D eigenvalue weighted by Crippen LogP contribution is 2.25. The Balaban J connectivity index is 2.25. The summed E-state index contributed by atoms with van der Waals surface area (Å²) in [5.41, 5.74) is 6.82. The molecule has 3 heteroatoms. The summed E-state index contributed by atoms with van der Waals surface area (Å²) in [5.74, 6) is -0.332. The third kappa shape index (κ3) is 1.65. The molecule has 2 rings (SSSR count). The Morgan fingerprint density at radius 3 is 2.92 bits per heavy atom. The van der Waals surface area contributed by atoms with Crippen LogP contribution < -0.4 is 11.1 Å². The van der Waals surface area contributed by atoms with Gasteiger partial charge in [-0.15, -0.1) is 0 Å². The molecule has 1 aromatic rings. The molecule has 1 aliphatic rings. The van der Waals surface area contributed by atoms with E-state index >= 15 is 0 Å². The van der Waals surface area contributed by atoms with E-state index in [1.54, 1.807) is 12.1 Å². The minimum atomic E-state index is -0.332. The number of anilines is 1. The average Bonchev–Trinajstić information content (AvgIpc) is 2.62. The number of hydrogen-bond donors (Lipinski definition) is 2. The number of rotatable bonds is 1. The molecular weight excluding hydrogens is 167 g/mol. The predicted molar refractivity (Wildman–Crippen MR) is 50.8 cm³/mol. The van der Waals surface area contributed by atoms with E-state index in [1.807, 2.05) is 0 Å². The Bertz CT molecular complexity index is 306. The fourth-order valence-corrected chi connectivity index (χ4v) is 1.75. The van der Waals surface area contributed by atoms with Crippen molar-refractivity contribution < 1.29 is 4.39 Å². The minimum Gasteiger partial charge on any atom is -0.396 e. The number of nitrogens with two attached hydrogens (primary N) is 1. The molecule has 3 N–H and O–H groups in total. The van der Waals surface area contributed by atoms with Gasteiger partial charge in [0.05, 0.1) is 5.69 Å². The summed E-state index contributed by atoms with van der Waals surface area (Å²) in [6, 6.07) is 5.32. The van der Waals surface area contributed by atoms with E-state index < -0.39 is 0 Å². The van der Waals surface area contributed by atoms with Gasteiger partial charge in [0.2, 0.25) is 0 Å². The monoisotopic (exact) mass is 180 g/mol. The smallest absolute Gasteiger partial charge is 0.146 e. The zero-order chi connectivity index (χ0) is 9.26. The lowest BCUT2D eigenvalue weighted by Gasteiger charge is -2.10. The molecule has 0 amide bonds. The molecule has 0 bridgehead atoms. The molecule has 1 aromatic carbocycles. The van der Waals surface area contributed by atoms with Crippen LogP contribution in [0.1, 0.15) is 24.4 Å². The van der Waals surface area contributed by atoms with Crippen LogP contribution >= 0.6 is 0 Å². The van der Waals surface area contributed by atoms with E-state index in [1.165, 1.54) is 12.5 Å². The molecular formula is C10H13FN2. The molecule has 1 heterocycles. The fraction of sp³-hybridized carbons (Fsp3) is 0.400. The van der Waals surface area contributed by atoms with Gasteiger partial charge in [0.15, 0.2) is 0 Å². The minimum absolute atomic E-state index is 0.242. The SMILES string of the molecule is Nc1cc([C@@H]2CCCN2)ccc1F. The quantitative estimate of drug-likeness (QED) is 0.647. The molecule has 1 atom stereocenters. The highest BCUT2D eigenvalue weighted by Gasteiger charge is 2.16. The number of halogens is 1. The molecule has 0 spiro atoms. The molecule has 13 heavy (non-hydrogen) atoms. The molecule has 0 aromatic heterocycles. The highest BCUT2D eigenvalue weighted by atomic mass is 19.1. The molecule has 0 saturated carbocycles. The standard InChI is InChI=1S/C10H13FN2/c11-8-4-3-7(6-9(8)12)10-2-1-5-13-10/h3-4,6,10,13H,1-2,5,12H2/t10-/m0/s1. The van der Waals surface area contributed by atoms with Crippen LogP contribution in [0, 0.1) is 5.82 Å². The summed E-state index contributed by atoms with van der Waals surface area (Å²) in [6.07, 6.45) is 2.30. The Morgan fingerprint density at radius 2 is 2.31 bits per heavy atom. The van der Waals surface area contributed by atoms with Crippen molar-refractivity contribution in [1.29, 1.82) is 0 Å². The molecule has 0 unspecified atom stereocenters. The first-order chi connectivity index (χ1) is 6.27. The van der Waals surface area contributed by atoms with Gasteiger partial charge in [-0.25, -0.2) is 4.39 Å². The first-order valence-corrected chi connectivity index (χ1v) is 4.55. The summed E-state index contributed by atoms with van der Waals surface area (Å²) in [7, 11) is 0. The van der Waals surface area contributed by atoms with Crippen molar-refractivity contribution in [2.75, 3.05) is 12.3 Å². The van der Waals surface area contributed by atoms with Crippen molar-refractivity contribution in [2.45, 2.75) is 18.9 Å². The van der Waals surface area contributed by atoms with E-state index in [4.69, 9.17) is 5.73 Å². The average molecular weight is 180 g/mol. The number of nitrogen functional groups attached to an aromatic ring is 1. The molecule has 1 aliphatic heterocycles. The van der Waals surface area contributed by atoms with Crippen molar-refractivity contribution in [3.8, 4) is 0 Å². The summed E-state index contributed by atoms with van der Waals surface area (Å²) in [5, 5.41) is 3.34. The van der Waals surface area contributed by atoms with Gasteiger partial charge >= 0.3 is 0 Å². The van der Waals surface area contributed by atoms with Crippen molar-refractivity contribution >= 4 is 5.69 Å². The zero-order valence-electron chi connectivity index (χ0n) is 7.39. The first-order valence-electron chi connectivity index (χ1n) is 4.55. The molecule has 1 fully saturated rings. The number of nitrogens with one attached hydrogen (secondary N) is 1. The van der Waals surface area contributed by atoms with Crippen molar-refractivity contribution in [3.63, 3.8) is 0 Å². The zero-order valence-corrected chi connectivity index (χ0v) is 7.39. The third-order valence-corrected chi connectivity index (χ3v) is 2.48. The number of hydrogen-bond acceptors (Lipinski definition) is 2. The van der Waals surface area contributed by atoms with Gasteiger partial charge in [-0.3, -0.25) is 0 Å². The largest absolute Gasteiger partial charge is 0.396 e. The van der Waals surface area contributed by atoms with Crippen LogP contribution in [0.15, 0.2) is 18.2 Å². The van der Waals surface area contributed by atoms with Crippen LogP contribution in [-0.2, 0) is 0 Å². The summed E-state index contributed by atoms with van der Waals surface area (Å²) in [6.45, 7) is 1.04. The third-order valence-electron chi connectivity index (χ3n) is 2.48. The summed E-state index contributed by atoms with van der Waals surface area (Å²) < 4.78 is 12.8. The summed E-state index contributed by atoms with van der Waals surface area (Å²) >= 11 is 0. The lowest BCUT2D eigenvalue weighted by molar-refractivity contribution is 0.622. The normalized spacial score (nSPS) is 22.1. The maximum Gasteiger partial charge on any atom is 0.146 e. The highest BCUT2D eigenvalue weighted by molar-refractivity contribution is 5.43. The molecule has 70 valence electrons. The fourth-order valence-electron chi connectivity index (χ4n) is 1.75. The molecule has 2 nitrogen and oxygen atoms in total. The second-order valence-electron chi connectivity index (χ2n) is 3.43. The van der Waals surface area contributed by atoms with Gasteiger partial charge in [0.25, 0.3) is 0 Å². The maximum absolute atomic E-state index is 12.8. The van der Waals surface area contributed by atoms with Crippen molar-refractivity contribution in [2.24, 2.45) is 0 Å². The van der Waals surface area contributed by atoms with E-state index in [0.29, 0.717) is 6.04 Å². The van der Waals surface area contributed by atoms with Crippen LogP contribution in [0.5, 0.6) is 0 Å². The van der Waals surface area contributed by atoms with Gasteiger partial charge in [0, 0.05) is 6.04 Å². The van der Waals surface area contributed by atoms with Crippen LogP contribution in [-0.4, -0.2) is 6.54 Å². The van der Waals surface area contributed by atoms with Crippen molar-refractivity contribution in [3.05, 3.63) is 29.6 Å². The Hall–Kier alpha value is -1.09. The first kappa shape index (κ1) is 8.51. The molecule has 0 aliphatic carbocycles. The topological polar surface area (TPSA) is 38.0 Å². The predicted octanol–water partition coefficient (Wildman–Crippen LogP) is 1.83. The van der Waals surface area contributed by atoms with E-state index in [9.17, 15) is 4.39 Å². The van der Waals surface area contributed by atoms with Crippen molar-refractivity contribution in [1.82, 2.24) is 5.32 Å². The van der Waals surface area contributed by atoms with Crippen LogP contribution in [0.4, 0.5) is 10.1 Å². The van der Waals surface area contributed by atoms with E-state index in [2.05, 4.69) is 5.32 Å². The van der Waals surface area contributed by atoms with Gasteiger partial charge < -0.3 is 11.1 Å². The Labute approximate surface area is 76.9 Å². The van der Waals surface area contributed by atoms with Gasteiger partial charge in [-0.05, 0) is 37.1 Å². The summed E-state index contributed by atoms with van der Waals surface area (Å²) in [4.78, 5) is 0. The van der Waals surface area contributed by atoms with Crippen LogP contribution in [0.25, 0.3) is 0 Å². The van der Waals surface area contributed by atoms with E-state index in [-0.39, 0.29) is 11.5 Å². The number of benzene rings is 1. The molecule has 0 radical (unpaired) electrons.